The highest BCUT2D eigenvalue weighted by molar-refractivity contribution is 6.30. The van der Waals surface area contributed by atoms with E-state index in [0.29, 0.717) is 35.7 Å². The van der Waals surface area contributed by atoms with E-state index in [1.54, 1.807) is 35.2 Å². The maximum atomic E-state index is 13.9. The van der Waals surface area contributed by atoms with E-state index in [-0.39, 0.29) is 31.3 Å². The molecule has 2 unspecified atom stereocenters. The van der Waals surface area contributed by atoms with Gasteiger partial charge in [0.15, 0.2) is 0 Å². The van der Waals surface area contributed by atoms with Gasteiger partial charge in [0.05, 0.1) is 23.4 Å². The summed E-state index contributed by atoms with van der Waals surface area (Å²) in [5.41, 5.74) is 1.06. The Morgan fingerprint density at radius 3 is 2.54 bits per heavy atom. The highest BCUT2D eigenvalue weighted by atomic mass is 35.5. The van der Waals surface area contributed by atoms with Crippen LogP contribution in [0.1, 0.15) is 35.7 Å². The van der Waals surface area contributed by atoms with E-state index >= 15 is 0 Å². The standard InChI is InChI=1S/C25H24ClF6N3/c26-21-8-2-5-17(11-21)22-13-33-23(34-22)12-20(25(30,31)32)15-35-9-3-6-18(14-35)16-4-1-7-19(10-16)24(27,28)29/h1-2,4-5,7-8,10-11,13,18,20H,3,6,9,12,14-15H2,(H,33,34). The van der Waals surface area contributed by atoms with Crippen LogP contribution in [0, 0.1) is 5.92 Å². The summed E-state index contributed by atoms with van der Waals surface area (Å²) in [4.78, 5) is 8.80. The number of aromatic nitrogens is 2. The molecular formula is C25H24ClF6N3. The minimum Gasteiger partial charge on any atom is -0.342 e. The highest BCUT2D eigenvalue weighted by Crippen LogP contribution is 2.35. The van der Waals surface area contributed by atoms with Crippen molar-refractivity contribution in [1.29, 1.82) is 0 Å². The van der Waals surface area contributed by atoms with Crippen LogP contribution in [0.15, 0.2) is 54.7 Å². The molecule has 1 fully saturated rings. The maximum Gasteiger partial charge on any atom is 0.416 e. The van der Waals surface area contributed by atoms with Crippen molar-refractivity contribution >= 4 is 11.6 Å². The molecule has 35 heavy (non-hydrogen) atoms. The van der Waals surface area contributed by atoms with Gasteiger partial charge in [0.1, 0.15) is 5.82 Å². The Morgan fingerprint density at radius 2 is 1.83 bits per heavy atom. The number of imidazole rings is 1. The third kappa shape index (κ3) is 6.58. The minimum atomic E-state index is -4.46. The number of halogens is 7. The number of alkyl halides is 6. The summed E-state index contributed by atoms with van der Waals surface area (Å²) >= 11 is 6.00. The topological polar surface area (TPSA) is 31.9 Å². The van der Waals surface area contributed by atoms with Crippen LogP contribution in [-0.4, -0.2) is 40.7 Å². The van der Waals surface area contributed by atoms with Crippen molar-refractivity contribution in [3.63, 3.8) is 0 Å². The van der Waals surface area contributed by atoms with Crippen molar-refractivity contribution < 1.29 is 26.3 Å². The van der Waals surface area contributed by atoms with E-state index in [2.05, 4.69) is 9.97 Å². The van der Waals surface area contributed by atoms with Crippen LogP contribution in [0.25, 0.3) is 11.3 Å². The molecule has 1 aliphatic rings. The molecule has 3 aromatic rings. The molecule has 4 rings (SSSR count). The molecule has 2 heterocycles. The fourth-order valence-electron chi connectivity index (χ4n) is 4.56. The smallest absolute Gasteiger partial charge is 0.342 e. The molecule has 0 radical (unpaired) electrons. The summed E-state index contributed by atoms with van der Waals surface area (Å²) in [7, 11) is 0. The fourth-order valence-corrected chi connectivity index (χ4v) is 4.75. The number of benzene rings is 2. The molecule has 0 saturated carbocycles. The van der Waals surface area contributed by atoms with Crippen LogP contribution in [0.3, 0.4) is 0 Å². The fraction of sp³-hybridized carbons (Fsp3) is 0.400. The zero-order valence-corrected chi connectivity index (χ0v) is 19.4. The highest BCUT2D eigenvalue weighted by Gasteiger charge is 2.41. The zero-order chi connectivity index (χ0) is 25.2. The molecule has 1 aliphatic heterocycles. The molecule has 2 atom stereocenters. The Labute approximate surface area is 204 Å². The van der Waals surface area contributed by atoms with E-state index in [1.165, 1.54) is 12.3 Å². The molecule has 10 heteroatoms. The van der Waals surface area contributed by atoms with Gasteiger partial charge in [-0.2, -0.15) is 26.3 Å². The zero-order valence-electron chi connectivity index (χ0n) is 18.6. The summed E-state index contributed by atoms with van der Waals surface area (Å²) in [5, 5.41) is 0.507. The first-order valence-corrected chi connectivity index (χ1v) is 11.6. The normalized spacial score (nSPS) is 18.5. The van der Waals surface area contributed by atoms with E-state index in [4.69, 9.17) is 11.6 Å². The van der Waals surface area contributed by atoms with Gasteiger partial charge in [-0.05, 0) is 49.1 Å². The third-order valence-electron chi connectivity index (χ3n) is 6.34. The molecule has 0 bridgehead atoms. The quantitative estimate of drug-likeness (QED) is 0.348. The summed E-state index contributed by atoms with van der Waals surface area (Å²) in [6.07, 6.45) is -6.50. The number of nitrogens with one attached hydrogen (secondary N) is 1. The molecule has 1 aromatic heterocycles. The van der Waals surface area contributed by atoms with Gasteiger partial charge in [0.25, 0.3) is 0 Å². The van der Waals surface area contributed by atoms with E-state index in [1.807, 2.05) is 0 Å². The van der Waals surface area contributed by atoms with Gasteiger partial charge in [-0.25, -0.2) is 4.98 Å². The number of H-pyrrole nitrogens is 1. The number of likely N-dealkylation sites (tertiary alicyclic amines) is 1. The summed E-state index contributed by atoms with van der Waals surface area (Å²) in [5.74, 6) is -1.70. The second-order valence-corrected chi connectivity index (χ2v) is 9.35. The molecule has 188 valence electrons. The van der Waals surface area contributed by atoms with Crippen LogP contribution in [0.4, 0.5) is 26.3 Å². The van der Waals surface area contributed by atoms with Gasteiger partial charge in [-0.15, -0.1) is 0 Å². The lowest BCUT2D eigenvalue weighted by atomic mass is 9.89. The van der Waals surface area contributed by atoms with Crippen LogP contribution in [-0.2, 0) is 12.6 Å². The molecule has 0 spiro atoms. The second-order valence-electron chi connectivity index (χ2n) is 8.92. The van der Waals surface area contributed by atoms with Crippen molar-refractivity contribution in [2.45, 2.75) is 37.5 Å². The number of piperidine rings is 1. The van der Waals surface area contributed by atoms with Gasteiger partial charge in [0, 0.05) is 30.1 Å². The minimum absolute atomic E-state index is 0.216. The van der Waals surface area contributed by atoms with Crippen LogP contribution < -0.4 is 0 Å². The first-order valence-electron chi connectivity index (χ1n) is 11.2. The molecule has 0 amide bonds. The molecular weight excluding hydrogens is 492 g/mol. The average Bonchev–Trinajstić information content (AvgIpc) is 3.27. The van der Waals surface area contributed by atoms with Gasteiger partial charge in [-0.3, -0.25) is 0 Å². The first-order chi connectivity index (χ1) is 16.5. The Balaban J connectivity index is 1.46. The largest absolute Gasteiger partial charge is 0.416 e. The predicted molar refractivity (Wildman–Crippen MR) is 122 cm³/mol. The first kappa shape index (κ1) is 25.6. The van der Waals surface area contributed by atoms with Crippen LogP contribution >= 0.6 is 11.6 Å². The number of rotatable bonds is 6. The summed E-state index contributed by atoms with van der Waals surface area (Å²) in [6.45, 7) is 0.500. The number of nitrogens with zero attached hydrogens (tertiary/aromatic N) is 2. The van der Waals surface area contributed by atoms with Crippen LogP contribution in [0.5, 0.6) is 0 Å². The Bertz CT molecular complexity index is 1140. The average molecular weight is 516 g/mol. The summed E-state index contributed by atoms with van der Waals surface area (Å²) < 4.78 is 81.1. The number of hydrogen-bond donors (Lipinski definition) is 1. The Morgan fingerprint density at radius 1 is 1.06 bits per heavy atom. The predicted octanol–water partition coefficient (Wildman–Crippen LogP) is 7.35. The second kappa shape index (κ2) is 10.2. The molecule has 1 saturated heterocycles. The van der Waals surface area contributed by atoms with Gasteiger partial charge in [-0.1, -0.05) is 41.9 Å². The van der Waals surface area contributed by atoms with Crippen molar-refractivity contribution in [1.82, 2.24) is 14.9 Å². The van der Waals surface area contributed by atoms with E-state index in [0.717, 1.165) is 17.7 Å². The molecule has 0 aliphatic carbocycles. The monoisotopic (exact) mass is 515 g/mol. The van der Waals surface area contributed by atoms with Crippen LogP contribution in [0.2, 0.25) is 5.02 Å². The number of aromatic amines is 1. The van der Waals surface area contributed by atoms with Gasteiger partial charge < -0.3 is 9.88 Å². The Hall–Kier alpha value is -2.52. The molecule has 1 N–H and O–H groups in total. The van der Waals surface area contributed by atoms with Gasteiger partial charge in [0.2, 0.25) is 0 Å². The van der Waals surface area contributed by atoms with Crippen molar-refractivity contribution in [3.8, 4) is 11.3 Å². The van der Waals surface area contributed by atoms with E-state index < -0.39 is 23.8 Å². The maximum absolute atomic E-state index is 13.9. The Kier molecular flexibility index (Phi) is 7.47. The van der Waals surface area contributed by atoms with E-state index in [9.17, 15) is 26.3 Å². The van der Waals surface area contributed by atoms with Crippen molar-refractivity contribution in [2.75, 3.05) is 19.6 Å². The van der Waals surface area contributed by atoms with Crippen molar-refractivity contribution in [3.05, 3.63) is 76.7 Å². The lowest BCUT2D eigenvalue weighted by Crippen LogP contribution is -2.42. The van der Waals surface area contributed by atoms with Gasteiger partial charge >= 0.3 is 12.4 Å². The summed E-state index contributed by atoms with van der Waals surface area (Å²) in [6, 6.07) is 12.0. The molecule has 3 nitrogen and oxygen atoms in total. The third-order valence-corrected chi connectivity index (χ3v) is 6.57. The molecule has 2 aromatic carbocycles. The lowest BCUT2D eigenvalue weighted by molar-refractivity contribution is -0.180. The SMILES string of the molecule is FC(F)(F)c1cccc(C2CCCN(CC(Cc3ncc(-c4cccc(Cl)c4)[nH]3)C(F)(F)F)C2)c1. The lowest BCUT2D eigenvalue weighted by Gasteiger charge is -2.35. The number of hydrogen-bond acceptors (Lipinski definition) is 2. The van der Waals surface area contributed by atoms with Crippen molar-refractivity contribution in [2.24, 2.45) is 5.92 Å².